The third kappa shape index (κ3) is 7.48. The van der Waals surface area contributed by atoms with Gasteiger partial charge in [0.2, 0.25) is 11.8 Å². The van der Waals surface area contributed by atoms with E-state index >= 15 is 0 Å². The average Bonchev–Trinajstić information content (AvgIpc) is 2.34. The first-order chi connectivity index (χ1) is 9.86. The summed E-state index contributed by atoms with van der Waals surface area (Å²) in [6.45, 7) is 8.57. The largest absolute Gasteiger partial charge is 0.481 e. The van der Waals surface area contributed by atoms with Gasteiger partial charge in [0.05, 0.1) is 6.10 Å². The number of carbonyl (C=O) groups is 1. The van der Waals surface area contributed by atoms with Crippen LogP contribution in [0.3, 0.4) is 0 Å². The molecule has 0 fully saturated rings. The van der Waals surface area contributed by atoms with E-state index in [9.17, 15) is 4.79 Å². The SMILES string of the molecule is Cc1cc(OC(C)C)nc(NCCC(C)CCC(=O)O)n1. The van der Waals surface area contributed by atoms with Gasteiger partial charge in [-0.25, -0.2) is 4.98 Å². The predicted molar refractivity (Wildman–Crippen MR) is 81.7 cm³/mol. The predicted octanol–water partition coefficient (Wildman–Crippen LogP) is 2.88. The van der Waals surface area contributed by atoms with Gasteiger partial charge in [-0.15, -0.1) is 0 Å². The minimum absolute atomic E-state index is 0.0724. The second kappa shape index (κ2) is 8.44. The van der Waals surface area contributed by atoms with Gasteiger partial charge in [0.15, 0.2) is 0 Å². The van der Waals surface area contributed by atoms with Crippen LogP contribution in [0.1, 0.15) is 45.7 Å². The lowest BCUT2D eigenvalue weighted by Gasteiger charge is -2.13. The quantitative estimate of drug-likeness (QED) is 0.728. The fraction of sp³-hybridized carbons (Fsp3) is 0.667. The molecule has 0 aliphatic heterocycles. The molecule has 0 spiro atoms. The van der Waals surface area contributed by atoms with Crippen LogP contribution in [0, 0.1) is 12.8 Å². The van der Waals surface area contributed by atoms with Crippen molar-refractivity contribution in [2.75, 3.05) is 11.9 Å². The van der Waals surface area contributed by atoms with Gasteiger partial charge in [-0.1, -0.05) is 6.92 Å². The van der Waals surface area contributed by atoms with E-state index in [1.807, 2.05) is 20.8 Å². The number of carboxylic acid groups (broad SMARTS) is 1. The number of nitrogens with one attached hydrogen (secondary N) is 1. The summed E-state index contributed by atoms with van der Waals surface area (Å²) in [6, 6.07) is 1.81. The Morgan fingerprint density at radius 1 is 1.33 bits per heavy atom. The molecule has 0 aliphatic rings. The van der Waals surface area contributed by atoms with Crippen molar-refractivity contribution < 1.29 is 14.6 Å². The van der Waals surface area contributed by atoms with Crippen molar-refractivity contribution in [3.63, 3.8) is 0 Å². The monoisotopic (exact) mass is 295 g/mol. The number of rotatable bonds is 9. The molecule has 0 aromatic carbocycles. The fourth-order valence-corrected chi connectivity index (χ4v) is 1.87. The van der Waals surface area contributed by atoms with Crippen molar-refractivity contribution in [2.45, 2.75) is 53.1 Å². The Kier molecular flexibility index (Phi) is 6.91. The third-order valence-corrected chi connectivity index (χ3v) is 2.96. The van der Waals surface area contributed by atoms with E-state index in [1.54, 1.807) is 6.07 Å². The number of carboxylic acids is 1. The highest BCUT2D eigenvalue weighted by Gasteiger charge is 2.07. The van der Waals surface area contributed by atoms with E-state index in [4.69, 9.17) is 9.84 Å². The molecule has 6 nitrogen and oxygen atoms in total. The Bertz CT molecular complexity index is 463. The summed E-state index contributed by atoms with van der Waals surface area (Å²) >= 11 is 0. The van der Waals surface area contributed by atoms with Crippen LogP contribution in [-0.2, 0) is 4.79 Å². The minimum atomic E-state index is -0.743. The van der Waals surface area contributed by atoms with Gasteiger partial charge in [0.1, 0.15) is 0 Å². The molecule has 0 bridgehead atoms. The number of aryl methyl sites for hydroxylation is 1. The zero-order chi connectivity index (χ0) is 15.8. The van der Waals surface area contributed by atoms with Crippen molar-refractivity contribution in [1.82, 2.24) is 9.97 Å². The summed E-state index contributed by atoms with van der Waals surface area (Å²) in [6.07, 6.45) is 1.86. The summed E-state index contributed by atoms with van der Waals surface area (Å²) in [5.74, 6) is 0.729. The zero-order valence-electron chi connectivity index (χ0n) is 13.2. The van der Waals surface area contributed by atoms with E-state index in [2.05, 4.69) is 22.2 Å². The molecule has 2 N–H and O–H groups in total. The number of aromatic nitrogens is 2. The van der Waals surface area contributed by atoms with E-state index in [1.165, 1.54) is 0 Å². The molecular weight excluding hydrogens is 270 g/mol. The molecule has 0 aliphatic carbocycles. The first-order valence-corrected chi connectivity index (χ1v) is 7.34. The average molecular weight is 295 g/mol. The molecule has 0 amide bonds. The normalized spacial score (nSPS) is 12.2. The van der Waals surface area contributed by atoms with Crippen LogP contribution in [-0.4, -0.2) is 33.7 Å². The molecule has 1 rings (SSSR count). The molecule has 0 saturated carbocycles. The van der Waals surface area contributed by atoms with Gasteiger partial charge in [0, 0.05) is 24.7 Å². The van der Waals surface area contributed by atoms with Crippen molar-refractivity contribution >= 4 is 11.9 Å². The van der Waals surface area contributed by atoms with Gasteiger partial charge < -0.3 is 15.2 Å². The van der Waals surface area contributed by atoms with Crippen molar-refractivity contribution in [3.05, 3.63) is 11.8 Å². The Morgan fingerprint density at radius 2 is 2.05 bits per heavy atom. The molecule has 118 valence electrons. The van der Waals surface area contributed by atoms with Crippen molar-refractivity contribution in [2.24, 2.45) is 5.92 Å². The topological polar surface area (TPSA) is 84.3 Å². The molecule has 21 heavy (non-hydrogen) atoms. The van der Waals surface area contributed by atoms with Crippen LogP contribution in [0.4, 0.5) is 5.95 Å². The van der Waals surface area contributed by atoms with E-state index in [-0.39, 0.29) is 12.5 Å². The Balaban J connectivity index is 2.44. The van der Waals surface area contributed by atoms with E-state index in [0.717, 1.165) is 12.1 Å². The molecule has 1 aromatic rings. The van der Waals surface area contributed by atoms with Crippen LogP contribution in [0.2, 0.25) is 0 Å². The summed E-state index contributed by atoms with van der Waals surface area (Å²) in [5, 5.41) is 11.8. The lowest BCUT2D eigenvalue weighted by molar-refractivity contribution is -0.137. The van der Waals surface area contributed by atoms with Gasteiger partial charge in [0.25, 0.3) is 0 Å². The summed E-state index contributed by atoms with van der Waals surface area (Å²) < 4.78 is 5.57. The van der Waals surface area contributed by atoms with Crippen LogP contribution in [0.5, 0.6) is 5.88 Å². The maximum atomic E-state index is 10.5. The van der Waals surface area contributed by atoms with Crippen molar-refractivity contribution in [3.8, 4) is 5.88 Å². The number of nitrogens with zero attached hydrogens (tertiary/aromatic N) is 2. The maximum absolute atomic E-state index is 10.5. The van der Waals surface area contributed by atoms with Crippen LogP contribution in [0.15, 0.2) is 6.07 Å². The fourth-order valence-electron chi connectivity index (χ4n) is 1.87. The summed E-state index contributed by atoms with van der Waals surface area (Å²) in [5.41, 5.74) is 0.849. The highest BCUT2D eigenvalue weighted by Crippen LogP contribution is 2.15. The molecule has 1 atom stereocenters. The Labute approximate surface area is 126 Å². The molecule has 1 aromatic heterocycles. The number of ether oxygens (including phenoxy) is 1. The van der Waals surface area contributed by atoms with E-state index < -0.39 is 5.97 Å². The summed E-state index contributed by atoms with van der Waals surface area (Å²) in [4.78, 5) is 19.1. The number of aliphatic carboxylic acids is 1. The van der Waals surface area contributed by atoms with E-state index in [0.29, 0.717) is 30.7 Å². The third-order valence-electron chi connectivity index (χ3n) is 2.96. The first kappa shape index (κ1) is 17.2. The molecule has 1 unspecified atom stereocenters. The van der Waals surface area contributed by atoms with Crippen LogP contribution >= 0.6 is 0 Å². The van der Waals surface area contributed by atoms with Gasteiger partial charge >= 0.3 is 5.97 Å². The van der Waals surface area contributed by atoms with Gasteiger partial charge in [-0.3, -0.25) is 4.79 Å². The zero-order valence-corrected chi connectivity index (χ0v) is 13.2. The lowest BCUT2D eigenvalue weighted by Crippen LogP contribution is -2.12. The molecule has 0 radical (unpaired) electrons. The van der Waals surface area contributed by atoms with Crippen LogP contribution < -0.4 is 10.1 Å². The Morgan fingerprint density at radius 3 is 2.67 bits per heavy atom. The van der Waals surface area contributed by atoms with Crippen LogP contribution in [0.25, 0.3) is 0 Å². The second-order valence-electron chi connectivity index (χ2n) is 5.59. The highest BCUT2D eigenvalue weighted by molar-refractivity contribution is 5.66. The standard InChI is InChI=1S/C15H25N3O3/c1-10(2)21-13-9-12(4)17-15(18-13)16-8-7-11(3)5-6-14(19)20/h9-11H,5-8H2,1-4H3,(H,19,20)(H,16,17,18). The van der Waals surface area contributed by atoms with Crippen molar-refractivity contribution in [1.29, 1.82) is 0 Å². The number of anilines is 1. The first-order valence-electron chi connectivity index (χ1n) is 7.34. The lowest BCUT2D eigenvalue weighted by atomic mass is 10.0. The molecular formula is C15H25N3O3. The number of hydrogen-bond acceptors (Lipinski definition) is 5. The summed E-state index contributed by atoms with van der Waals surface area (Å²) in [7, 11) is 0. The second-order valence-corrected chi connectivity index (χ2v) is 5.59. The molecule has 0 saturated heterocycles. The van der Waals surface area contributed by atoms with Gasteiger partial charge in [-0.05, 0) is 39.5 Å². The highest BCUT2D eigenvalue weighted by atomic mass is 16.5. The molecule has 6 heteroatoms. The van der Waals surface area contributed by atoms with Gasteiger partial charge in [-0.2, -0.15) is 4.98 Å². The minimum Gasteiger partial charge on any atom is -0.481 e. The smallest absolute Gasteiger partial charge is 0.303 e. The molecule has 1 heterocycles. The number of hydrogen-bond donors (Lipinski definition) is 2. The Hall–Kier alpha value is -1.85. The maximum Gasteiger partial charge on any atom is 0.303 e.